The molecular formula is C12H14ClN3O3. The van der Waals surface area contributed by atoms with Gasteiger partial charge < -0.3 is 9.80 Å². The van der Waals surface area contributed by atoms with Crippen LogP contribution in [0.3, 0.4) is 0 Å². The van der Waals surface area contributed by atoms with Gasteiger partial charge in [-0.25, -0.2) is 0 Å². The van der Waals surface area contributed by atoms with Crippen molar-refractivity contribution in [3.8, 4) is 0 Å². The normalized spacial score (nSPS) is 16.4. The Labute approximate surface area is 115 Å². The quantitative estimate of drug-likeness (QED) is 0.614. The maximum Gasteiger partial charge on any atom is 0.310 e. The third-order valence-corrected chi connectivity index (χ3v) is 3.47. The van der Waals surface area contributed by atoms with E-state index in [4.69, 9.17) is 11.6 Å². The Bertz CT molecular complexity index is 521. The zero-order valence-corrected chi connectivity index (χ0v) is 11.3. The topological polar surface area (TPSA) is 66.7 Å². The van der Waals surface area contributed by atoms with Crippen LogP contribution in [0.1, 0.15) is 6.42 Å². The Morgan fingerprint density at radius 2 is 2.11 bits per heavy atom. The number of likely N-dealkylation sites (N-methyl/N-ethyl adjacent to an activating group) is 1. The standard InChI is InChI=1S/C12H14ClN3O3/c1-14-6-3-7-15(8-11(14)17)10-5-2-4-9(13)12(10)16(18)19/h2,4-5H,3,6-8H2,1H3. The summed E-state index contributed by atoms with van der Waals surface area (Å²) in [4.78, 5) is 25.8. The summed E-state index contributed by atoms with van der Waals surface area (Å²) in [6.07, 6.45) is 0.770. The molecule has 0 aromatic heterocycles. The number of para-hydroxylation sites is 1. The van der Waals surface area contributed by atoms with Crippen molar-refractivity contribution in [2.24, 2.45) is 0 Å². The second-order valence-corrected chi connectivity index (χ2v) is 4.86. The molecule has 0 saturated carbocycles. The number of anilines is 1. The number of nitro benzene ring substituents is 1. The van der Waals surface area contributed by atoms with Gasteiger partial charge in [-0.15, -0.1) is 0 Å². The number of hydrogen-bond donors (Lipinski definition) is 0. The zero-order chi connectivity index (χ0) is 14.0. The highest BCUT2D eigenvalue weighted by Crippen LogP contribution is 2.35. The first-order valence-electron chi connectivity index (χ1n) is 5.92. The molecule has 0 radical (unpaired) electrons. The summed E-state index contributed by atoms with van der Waals surface area (Å²) >= 11 is 5.89. The molecule has 0 unspecified atom stereocenters. The van der Waals surface area contributed by atoms with Crippen molar-refractivity contribution < 1.29 is 9.72 Å². The Hall–Kier alpha value is -1.82. The summed E-state index contributed by atoms with van der Waals surface area (Å²) in [6, 6.07) is 4.77. The fourth-order valence-electron chi connectivity index (χ4n) is 2.13. The summed E-state index contributed by atoms with van der Waals surface area (Å²) in [7, 11) is 1.73. The van der Waals surface area contributed by atoms with E-state index in [1.807, 2.05) is 0 Å². The summed E-state index contributed by atoms with van der Waals surface area (Å²) in [5.41, 5.74) is 0.266. The van der Waals surface area contributed by atoms with Gasteiger partial charge in [0.1, 0.15) is 10.7 Å². The molecule has 1 aliphatic rings. The molecule has 1 aliphatic heterocycles. The molecule has 1 aromatic rings. The van der Waals surface area contributed by atoms with Crippen LogP contribution in [-0.4, -0.2) is 42.4 Å². The van der Waals surface area contributed by atoms with Crippen LogP contribution in [0, 0.1) is 10.1 Å². The molecule has 1 aromatic carbocycles. The molecule has 2 rings (SSSR count). The molecule has 1 amide bonds. The van der Waals surface area contributed by atoms with Gasteiger partial charge in [-0.1, -0.05) is 17.7 Å². The summed E-state index contributed by atoms with van der Waals surface area (Å²) in [6.45, 7) is 1.39. The van der Waals surface area contributed by atoms with Gasteiger partial charge in [-0.3, -0.25) is 14.9 Å². The van der Waals surface area contributed by atoms with Crippen molar-refractivity contribution in [1.82, 2.24) is 4.90 Å². The van der Waals surface area contributed by atoms with E-state index < -0.39 is 4.92 Å². The van der Waals surface area contributed by atoms with Gasteiger partial charge in [0.25, 0.3) is 0 Å². The second kappa shape index (κ2) is 5.44. The molecule has 19 heavy (non-hydrogen) atoms. The number of benzene rings is 1. The highest BCUT2D eigenvalue weighted by atomic mass is 35.5. The van der Waals surface area contributed by atoms with Gasteiger partial charge in [0.05, 0.1) is 11.5 Å². The molecule has 7 heteroatoms. The minimum Gasteiger partial charge on any atom is -0.357 e. The summed E-state index contributed by atoms with van der Waals surface area (Å²) in [5.74, 6) is -0.0493. The van der Waals surface area contributed by atoms with E-state index in [9.17, 15) is 14.9 Å². The maximum atomic E-state index is 11.8. The van der Waals surface area contributed by atoms with E-state index in [0.29, 0.717) is 18.8 Å². The summed E-state index contributed by atoms with van der Waals surface area (Å²) < 4.78 is 0. The lowest BCUT2D eigenvalue weighted by molar-refractivity contribution is -0.384. The molecule has 0 N–H and O–H groups in total. The molecular weight excluding hydrogens is 270 g/mol. The van der Waals surface area contributed by atoms with Crippen molar-refractivity contribution in [3.63, 3.8) is 0 Å². The van der Waals surface area contributed by atoms with Gasteiger partial charge in [0.15, 0.2) is 0 Å². The molecule has 0 bridgehead atoms. The Kier molecular flexibility index (Phi) is 3.90. The molecule has 0 atom stereocenters. The predicted octanol–water partition coefficient (Wildman–Crippen LogP) is 1.92. The smallest absolute Gasteiger partial charge is 0.310 e. The number of carbonyl (C=O) groups is 1. The SMILES string of the molecule is CN1CCCN(c2cccc(Cl)c2[N+](=O)[O-])CC1=O. The number of hydrogen-bond acceptors (Lipinski definition) is 4. The van der Waals surface area contributed by atoms with Gasteiger partial charge in [-0.2, -0.15) is 0 Å². The lowest BCUT2D eigenvalue weighted by Crippen LogP contribution is -2.34. The van der Waals surface area contributed by atoms with Crippen molar-refractivity contribution in [2.45, 2.75) is 6.42 Å². The van der Waals surface area contributed by atoms with E-state index >= 15 is 0 Å². The number of amides is 1. The van der Waals surface area contributed by atoms with Crippen LogP contribution < -0.4 is 4.90 Å². The van der Waals surface area contributed by atoms with Crippen molar-refractivity contribution in [3.05, 3.63) is 33.3 Å². The maximum absolute atomic E-state index is 11.8. The Balaban J connectivity index is 2.38. The first kappa shape index (κ1) is 13.6. The van der Waals surface area contributed by atoms with Gasteiger partial charge in [-0.05, 0) is 18.6 Å². The van der Waals surface area contributed by atoms with E-state index in [0.717, 1.165) is 6.42 Å². The summed E-state index contributed by atoms with van der Waals surface area (Å²) in [5, 5.41) is 11.2. The fraction of sp³-hybridized carbons (Fsp3) is 0.417. The molecule has 1 saturated heterocycles. The third kappa shape index (κ3) is 2.78. The number of rotatable bonds is 2. The number of carbonyl (C=O) groups excluding carboxylic acids is 1. The molecule has 0 aliphatic carbocycles. The van der Waals surface area contributed by atoms with Crippen LogP contribution >= 0.6 is 11.6 Å². The molecule has 0 spiro atoms. The number of nitro groups is 1. The predicted molar refractivity (Wildman–Crippen MR) is 72.6 cm³/mol. The molecule has 102 valence electrons. The van der Waals surface area contributed by atoms with Crippen LogP contribution in [-0.2, 0) is 4.79 Å². The van der Waals surface area contributed by atoms with E-state index in [1.165, 1.54) is 6.07 Å². The number of nitrogens with zero attached hydrogens (tertiary/aromatic N) is 3. The van der Waals surface area contributed by atoms with Crippen LogP contribution in [0.5, 0.6) is 0 Å². The van der Waals surface area contributed by atoms with E-state index in [-0.39, 0.29) is 23.2 Å². The van der Waals surface area contributed by atoms with Gasteiger partial charge in [0.2, 0.25) is 5.91 Å². The highest BCUT2D eigenvalue weighted by Gasteiger charge is 2.26. The zero-order valence-electron chi connectivity index (χ0n) is 10.5. The molecule has 1 heterocycles. The van der Waals surface area contributed by atoms with Crippen LogP contribution in [0.2, 0.25) is 5.02 Å². The van der Waals surface area contributed by atoms with Crippen LogP contribution in [0.15, 0.2) is 18.2 Å². The average Bonchev–Trinajstić information content (AvgIpc) is 2.51. The Morgan fingerprint density at radius 1 is 1.37 bits per heavy atom. The highest BCUT2D eigenvalue weighted by molar-refractivity contribution is 6.33. The minimum atomic E-state index is -0.503. The largest absolute Gasteiger partial charge is 0.357 e. The van der Waals surface area contributed by atoms with Gasteiger partial charge in [0, 0.05) is 20.1 Å². The first-order valence-corrected chi connectivity index (χ1v) is 6.30. The Morgan fingerprint density at radius 3 is 2.79 bits per heavy atom. The first-order chi connectivity index (χ1) is 9.00. The minimum absolute atomic E-state index is 0.0493. The van der Waals surface area contributed by atoms with E-state index in [2.05, 4.69) is 0 Å². The van der Waals surface area contributed by atoms with E-state index in [1.54, 1.807) is 29.0 Å². The number of halogens is 1. The average molecular weight is 284 g/mol. The van der Waals surface area contributed by atoms with Crippen molar-refractivity contribution >= 4 is 28.9 Å². The molecule has 6 nitrogen and oxygen atoms in total. The van der Waals surface area contributed by atoms with Crippen molar-refractivity contribution in [1.29, 1.82) is 0 Å². The molecule has 1 fully saturated rings. The van der Waals surface area contributed by atoms with Crippen LogP contribution in [0.25, 0.3) is 0 Å². The second-order valence-electron chi connectivity index (χ2n) is 4.46. The van der Waals surface area contributed by atoms with Crippen molar-refractivity contribution in [2.75, 3.05) is 31.6 Å². The van der Waals surface area contributed by atoms with Gasteiger partial charge >= 0.3 is 5.69 Å². The lowest BCUT2D eigenvalue weighted by atomic mass is 10.2. The fourth-order valence-corrected chi connectivity index (χ4v) is 2.37. The monoisotopic (exact) mass is 283 g/mol. The third-order valence-electron chi connectivity index (χ3n) is 3.16. The van der Waals surface area contributed by atoms with Crippen LogP contribution in [0.4, 0.5) is 11.4 Å². The lowest BCUT2D eigenvalue weighted by Gasteiger charge is -2.21.